The lowest BCUT2D eigenvalue weighted by Gasteiger charge is -2.18. The second-order valence-electron chi connectivity index (χ2n) is 8.79. The first-order valence-corrected chi connectivity index (χ1v) is 12.9. The largest absolute Gasteiger partial charge is 0.369 e. The predicted octanol–water partition coefficient (Wildman–Crippen LogP) is 6.66. The van der Waals surface area contributed by atoms with Crippen LogP contribution in [-0.2, 0) is 11.2 Å². The number of aryl methyl sites for hydroxylation is 1. The highest BCUT2D eigenvalue weighted by molar-refractivity contribution is 8.18. The molecule has 2 aliphatic rings. The highest BCUT2D eigenvalue weighted by Gasteiger charge is 2.33. The molecule has 0 bridgehead atoms. The van der Waals surface area contributed by atoms with E-state index in [-0.39, 0.29) is 11.7 Å². The van der Waals surface area contributed by atoms with Gasteiger partial charge in [0.25, 0.3) is 5.91 Å². The van der Waals surface area contributed by atoms with Crippen LogP contribution in [0, 0.1) is 5.82 Å². The van der Waals surface area contributed by atoms with E-state index in [4.69, 9.17) is 4.99 Å². The molecule has 2 saturated heterocycles. The van der Waals surface area contributed by atoms with Gasteiger partial charge in [-0.05, 0) is 78.9 Å². The molecule has 2 aliphatic heterocycles. The van der Waals surface area contributed by atoms with Crippen molar-refractivity contribution < 1.29 is 9.18 Å². The van der Waals surface area contributed by atoms with Gasteiger partial charge >= 0.3 is 0 Å². The Hall–Kier alpha value is -3.38. The summed E-state index contributed by atoms with van der Waals surface area (Å²) in [7, 11) is 0. The Morgan fingerprint density at radius 3 is 2.37 bits per heavy atom. The van der Waals surface area contributed by atoms with Crippen molar-refractivity contribution in [1.82, 2.24) is 4.90 Å². The number of thioether (sulfide) groups is 1. The number of anilines is 1. The van der Waals surface area contributed by atoms with E-state index in [2.05, 4.69) is 17.0 Å². The number of para-hydroxylation sites is 1. The number of carbonyl (C=O) groups excluding carboxylic acids is 1. The summed E-state index contributed by atoms with van der Waals surface area (Å²) >= 11 is 1.35. The zero-order valence-electron chi connectivity index (χ0n) is 19.6. The van der Waals surface area contributed by atoms with E-state index in [1.165, 1.54) is 23.4 Å². The molecule has 4 nitrogen and oxygen atoms in total. The lowest BCUT2D eigenvalue weighted by Crippen LogP contribution is -2.30. The number of amides is 1. The minimum atomic E-state index is -0.241. The fraction of sp³-hybridized carbons (Fsp3) is 0.241. The van der Waals surface area contributed by atoms with Gasteiger partial charge < -0.3 is 4.90 Å². The van der Waals surface area contributed by atoms with Crippen LogP contribution in [0.5, 0.6) is 0 Å². The molecule has 35 heavy (non-hydrogen) atoms. The fourth-order valence-electron chi connectivity index (χ4n) is 4.47. The van der Waals surface area contributed by atoms with Crippen LogP contribution in [0.4, 0.5) is 15.8 Å². The zero-order valence-corrected chi connectivity index (χ0v) is 20.4. The molecule has 6 heteroatoms. The van der Waals surface area contributed by atoms with Crippen molar-refractivity contribution in [3.63, 3.8) is 0 Å². The van der Waals surface area contributed by atoms with E-state index >= 15 is 0 Å². The van der Waals surface area contributed by atoms with Crippen LogP contribution < -0.4 is 4.90 Å². The average Bonchev–Trinajstić information content (AvgIpc) is 3.50. The molecule has 178 valence electrons. The van der Waals surface area contributed by atoms with Crippen LogP contribution in [0.15, 0.2) is 88.8 Å². The maximum atomic E-state index is 14.8. The van der Waals surface area contributed by atoms with Crippen molar-refractivity contribution in [2.45, 2.75) is 25.7 Å². The van der Waals surface area contributed by atoms with Gasteiger partial charge in [-0.25, -0.2) is 9.38 Å². The van der Waals surface area contributed by atoms with Crippen LogP contribution in [-0.4, -0.2) is 35.6 Å². The molecule has 1 amide bonds. The van der Waals surface area contributed by atoms with Gasteiger partial charge in [0.1, 0.15) is 5.82 Å². The molecule has 0 aliphatic carbocycles. The highest BCUT2D eigenvalue weighted by Crippen LogP contribution is 2.35. The molecule has 3 aromatic rings. The third-order valence-electron chi connectivity index (χ3n) is 6.28. The molecule has 0 N–H and O–H groups in total. The summed E-state index contributed by atoms with van der Waals surface area (Å²) in [5.74, 6) is -0.323. The molecule has 5 rings (SSSR count). The molecule has 0 atom stereocenters. The van der Waals surface area contributed by atoms with Crippen molar-refractivity contribution >= 4 is 40.3 Å². The Bertz CT molecular complexity index is 1240. The van der Waals surface area contributed by atoms with E-state index in [9.17, 15) is 9.18 Å². The number of nitrogens with zero attached hydrogens (tertiary/aromatic N) is 3. The Morgan fingerprint density at radius 1 is 0.943 bits per heavy atom. The minimum Gasteiger partial charge on any atom is -0.369 e. The Kier molecular flexibility index (Phi) is 7.28. The number of halogens is 1. The van der Waals surface area contributed by atoms with Crippen molar-refractivity contribution in [1.29, 1.82) is 0 Å². The summed E-state index contributed by atoms with van der Waals surface area (Å²) in [6.45, 7) is 2.36. The fourth-order valence-corrected chi connectivity index (χ4v) is 5.49. The minimum absolute atomic E-state index is 0.0817. The summed E-state index contributed by atoms with van der Waals surface area (Å²) in [6.07, 6.45) is 5.69. The van der Waals surface area contributed by atoms with Gasteiger partial charge in [-0.15, -0.1) is 0 Å². The lowest BCUT2D eigenvalue weighted by atomic mass is 10.1. The molecule has 0 saturated carbocycles. The summed E-state index contributed by atoms with van der Waals surface area (Å²) in [6, 6.07) is 25.2. The monoisotopic (exact) mass is 485 g/mol. The van der Waals surface area contributed by atoms with Gasteiger partial charge in [-0.3, -0.25) is 9.69 Å². The van der Waals surface area contributed by atoms with Crippen molar-refractivity contribution in [3.8, 4) is 0 Å². The van der Waals surface area contributed by atoms with E-state index in [0.717, 1.165) is 44.5 Å². The van der Waals surface area contributed by atoms with E-state index < -0.39 is 0 Å². The van der Waals surface area contributed by atoms with E-state index in [1.807, 2.05) is 60.7 Å². The first kappa shape index (κ1) is 23.4. The van der Waals surface area contributed by atoms with Crippen molar-refractivity contribution in [2.24, 2.45) is 4.99 Å². The number of hydrogen-bond donors (Lipinski definition) is 0. The second kappa shape index (κ2) is 10.9. The van der Waals surface area contributed by atoms with Gasteiger partial charge in [0.05, 0.1) is 16.3 Å². The third-order valence-corrected chi connectivity index (χ3v) is 7.28. The number of aliphatic imine (C=N–C) groups is 1. The van der Waals surface area contributed by atoms with Gasteiger partial charge in [0, 0.05) is 19.6 Å². The van der Waals surface area contributed by atoms with Crippen LogP contribution in [0.2, 0.25) is 0 Å². The molecule has 0 aromatic heterocycles. The SMILES string of the molecule is O=C1/C(=C/c2ccc(N3CCCC3)c(F)c2)SC(=Nc2ccccc2)N1CCCc1ccccc1. The van der Waals surface area contributed by atoms with Gasteiger partial charge in [0.2, 0.25) is 0 Å². The first-order chi connectivity index (χ1) is 17.2. The molecular weight excluding hydrogens is 457 g/mol. The molecule has 3 aromatic carbocycles. The number of rotatable bonds is 7. The highest BCUT2D eigenvalue weighted by atomic mass is 32.2. The predicted molar refractivity (Wildman–Crippen MR) is 143 cm³/mol. The first-order valence-electron chi connectivity index (χ1n) is 12.1. The third kappa shape index (κ3) is 5.65. The smallest absolute Gasteiger partial charge is 0.266 e. The summed E-state index contributed by atoms with van der Waals surface area (Å²) in [5, 5.41) is 0.662. The van der Waals surface area contributed by atoms with Crippen LogP contribution in [0.25, 0.3) is 6.08 Å². The molecule has 0 radical (unpaired) electrons. The van der Waals surface area contributed by atoms with Crippen LogP contribution >= 0.6 is 11.8 Å². The summed E-state index contributed by atoms with van der Waals surface area (Å²) in [5.41, 5.74) is 3.38. The molecule has 0 spiro atoms. The lowest BCUT2D eigenvalue weighted by molar-refractivity contribution is -0.122. The van der Waals surface area contributed by atoms with Crippen molar-refractivity contribution in [3.05, 3.63) is 101 Å². The van der Waals surface area contributed by atoms with E-state index in [0.29, 0.717) is 27.9 Å². The quantitative estimate of drug-likeness (QED) is 0.351. The van der Waals surface area contributed by atoms with Crippen LogP contribution in [0.1, 0.15) is 30.4 Å². The maximum absolute atomic E-state index is 14.8. The van der Waals surface area contributed by atoms with Crippen LogP contribution in [0.3, 0.4) is 0 Å². The number of hydrogen-bond acceptors (Lipinski definition) is 4. The molecule has 0 unspecified atom stereocenters. The number of benzene rings is 3. The topological polar surface area (TPSA) is 35.9 Å². The Balaban J connectivity index is 1.37. The normalized spacial score (nSPS) is 18.3. The standard InChI is InChI=1S/C29H28FN3OS/c30-25-20-23(15-16-26(25)32-17-7-8-18-32)21-27-28(34)33(19-9-12-22-10-3-1-4-11-22)29(35-27)31-24-13-5-2-6-14-24/h1-6,10-11,13-16,20-21H,7-9,12,17-19H2/b27-21-,31-29?. The molecule has 2 heterocycles. The Labute approximate surface area is 210 Å². The van der Waals surface area contributed by atoms with Gasteiger partial charge in [0.15, 0.2) is 5.17 Å². The zero-order chi connectivity index (χ0) is 24.0. The van der Waals surface area contributed by atoms with E-state index in [1.54, 1.807) is 11.0 Å². The average molecular weight is 486 g/mol. The molecule has 2 fully saturated rings. The number of amidine groups is 1. The number of carbonyl (C=O) groups is 1. The van der Waals surface area contributed by atoms with Gasteiger partial charge in [-0.1, -0.05) is 54.6 Å². The maximum Gasteiger partial charge on any atom is 0.266 e. The second-order valence-corrected chi connectivity index (χ2v) is 9.80. The summed E-state index contributed by atoms with van der Waals surface area (Å²) < 4.78 is 14.8. The van der Waals surface area contributed by atoms with Crippen molar-refractivity contribution in [2.75, 3.05) is 24.5 Å². The Morgan fingerprint density at radius 2 is 1.66 bits per heavy atom. The summed E-state index contributed by atoms with van der Waals surface area (Å²) in [4.78, 5) is 22.5. The van der Waals surface area contributed by atoms with Gasteiger partial charge in [-0.2, -0.15) is 0 Å². The molecular formula is C29H28FN3OS.